The number of hydrogen-bond acceptors (Lipinski definition) is 4. The lowest BCUT2D eigenvalue weighted by Gasteiger charge is -2.27. The van der Waals surface area contributed by atoms with Crippen molar-refractivity contribution < 1.29 is 9.90 Å². The van der Waals surface area contributed by atoms with E-state index in [1.54, 1.807) is 0 Å². The number of aromatic nitrogens is 2. The highest BCUT2D eigenvalue weighted by molar-refractivity contribution is 5.92. The molecule has 2 aliphatic carbocycles. The van der Waals surface area contributed by atoms with E-state index in [1.807, 2.05) is 0 Å². The SMILES string of the molecule is C[C@H]1CC[C@H](NC(=O)c2cnc3c(n2)CCC(O)C3)CC1. The summed E-state index contributed by atoms with van der Waals surface area (Å²) in [7, 11) is 0. The molecule has 2 aliphatic rings. The summed E-state index contributed by atoms with van der Waals surface area (Å²) in [5.41, 5.74) is 2.10. The predicted molar refractivity (Wildman–Crippen MR) is 79.0 cm³/mol. The van der Waals surface area contributed by atoms with E-state index in [-0.39, 0.29) is 18.1 Å². The van der Waals surface area contributed by atoms with E-state index >= 15 is 0 Å². The van der Waals surface area contributed by atoms with Crippen LogP contribution in [0.3, 0.4) is 0 Å². The lowest BCUT2D eigenvalue weighted by molar-refractivity contribution is 0.0917. The summed E-state index contributed by atoms with van der Waals surface area (Å²) in [6.45, 7) is 2.27. The first kappa shape index (κ1) is 14.4. The van der Waals surface area contributed by atoms with Crippen molar-refractivity contribution in [2.24, 2.45) is 5.92 Å². The normalized spacial score (nSPS) is 28.8. The monoisotopic (exact) mass is 289 g/mol. The fourth-order valence-electron chi connectivity index (χ4n) is 3.22. The lowest BCUT2D eigenvalue weighted by atomic mass is 9.87. The van der Waals surface area contributed by atoms with Crippen LogP contribution < -0.4 is 5.32 Å². The summed E-state index contributed by atoms with van der Waals surface area (Å²) in [6, 6.07) is 0.272. The number of rotatable bonds is 2. The Morgan fingerprint density at radius 1 is 1.24 bits per heavy atom. The Balaban J connectivity index is 1.65. The Bertz CT molecular complexity index is 524. The molecule has 5 nitrogen and oxygen atoms in total. The van der Waals surface area contributed by atoms with Gasteiger partial charge in [0.25, 0.3) is 5.91 Å². The van der Waals surface area contributed by atoms with E-state index < -0.39 is 0 Å². The van der Waals surface area contributed by atoms with Crippen molar-refractivity contribution in [2.45, 2.75) is 64.0 Å². The van der Waals surface area contributed by atoms with Crippen LogP contribution in [0.1, 0.15) is 60.9 Å². The molecule has 5 heteroatoms. The van der Waals surface area contributed by atoms with Gasteiger partial charge in [-0.25, -0.2) is 4.98 Å². The van der Waals surface area contributed by atoms with Crippen LogP contribution >= 0.6 is 0 Å². The van der Waals surface area contributed by atoms with Gasteiger partial charge in [0.15, 0.2) is 0 Å². The molecule has 21 heavy (non-hydrogen) atoms. The molecule has 2 N–H and O–H groups in total. The highest BCUT2D eigenvalue weighted by Gasteiger charge is 2.23. The molecular formula is C16H23N3O2. The Morgan fingerprint density at radius 2 is 2.00 bits per heavy atom. The van der Waals surface area contributed by atoms with E-state index in [0.717, 1.165) is 30.1 Å². The topological polar surface area (TPSA) is 75.1 Å². The van der Waals surface area contributed by atoms with Crippen molar-refractivity contribution in [1.29, 1.82) is 0 Å². The van der Waals surface area contributed by atoms with Crippen LogP contribution in [0.4, 0.5) is 0 Å². The zero-order valence-corrected chi connectivity index (χ0v) is 12.5. The van der Waals surface area contributed by atoms with Crippen LogP contribution in [0.25, 0.3) is 0 Å². The van der Waals surface area contributed by atoms with Crippen molar-refractivity contribution >= 4 is 5.91 Å². The van der Waals surface area contributed by atoms with E-state index in [4.69, 9.17) is 0 Å². The van der Waals surface area contributed by atoms with Gasteiger partial charge in [0.05, 0.1) is 23.7 Å². The van der Waals surface area contributed by atoms with Gasteiger partial charge in [0.2, 0.25) is 0 Å². The maximum Gasteiger partial charge on any atom is 0.271 e. The quantitative estimate of drug-likeness (QED) is 0.868. The number of aliphatic hydroxyl groups is 1. The molecule has 1 heterocycles. The van der Waals surface area contributed by atoms with Crippen molar-refractivity contribution in [3.05, 3.63) is 23.3 Å². The number of aliphatic hydroxyl groups excluding tert-OH is 1. The Morgan fingerprint density at radius 3 is 2.76 bits per heavy atom. The molecule has 0 radical (unpaired) electrons. The molecule has 1 amide bonds. The largest absolute Gasteiger partial charge is 0.393 e. The van der Waals surface area contributed by atoms with E-state index in [2.05, 4.69) is 22.2 Å². The van der Waals surface area contributed by atoms with Crippen LogP contribution in [0.2, 0.25) is 0 Å². The predicted octanol–water partition coefficient (Wildman–Crippen LogP) is 1.63. The van der Waals surface area contributed by atoms with Gasteiger partial charge in [-0.3, -0.25) is 9.78 Å². The second-order valence-electron chi connectivity index (χ2n) is 6.48. The minimum Gasteiger partial charge on any atom is -0.393 e. The number of nitrogens with one attached hydrogen (secondary N) is 1. The number of carbonyl (C=O) groups is 1. The van der Waals surface area contributed by atoms with Gasteiger partial charge in [-0.1, -0.05) is 6.92 Å². The highest BCUT2D eigenvalue weighted by atomic mass is 16.3. The molecule has 0 aromatic carbocycles. The molecule has 0 bridgehead atoms. The molecule has 1 atom stereocenters. The molecular weight excluding hydrogens is 266 g/mol. The van der Waals surface area contributed by atoms with Crippen molar-refractivity contribution in [3.8, 4) is 0 Å². The second kappa shape index (κ2) is 6.10. The maximum absolute atomic E-state index is 12.3. The standard InChI is InChI=1S/C16H23N3O2/c1-10-2-4-11(5-3-10)18-16(21)15-9-17-14-8-12(20)6-7-13(14)19-15/h9-12,20H,2-8H2,1H3,(H,18,21)/t10-,11-,12?. The summed E-state index contributed by atoms with van der Waals surface area (Å²) in [5.74, 6) is 0.657. The minimum absolute atomic E-state index is 0.115. The van der Waals surface area contributed by atoms with Gasteiger partial charge in [0, 0.05) is 12.5 Å². The number of amides is 1. The van der Waals surface area contributed by atoms with E-state index in [0.29, 0.717) is 25.0 Å². The average Bonchev–Trinajstić information content (AvgIpc) is 2.49. The first-order chi connectivity index (χ1) is 10.1. The summed E-state index contributed by atoms with van der Waals surface area (Å²) >= 11 is 0. The Kier molecular flexibility index (Phi) is 4.19. The van der Waals surface area contributed by atoms with Gasteiger partial charge < -0.3 is 10.4 Å². The van der Waals surface area contributed by atoms with Crippen LogP contribution in [-0.4, -0.2) is 33.1 Å². The third kappa shape index (κ3) is 3.40. The zero-order valence-electron chi connectivity index (χ0n) is 12.5. The van der Waals surface area contributed by atoms with Crippen molar-refractivity contribution in [1.82, 2.24) is 15.3 Å². The molecule has 0 aliphatic heterocycles. The van der Waals surface area contributed by atoms with Crippen LogP contribution in [-0.2, 0) is 12.8 Å². The van der Waals surface area contributed by atoms with Gasteiger partial charge in [-0.15, -0.1) is 0 Å². The first-order valence-electron chi connectivity index (χ1n) is 7.95. The molecule has 1 unspecified atom stereocenters. The number of nitrogens with zero attached hydrogens (tertiary/aromatic N) is 2. The Hall–Kier alpha value is -1.49. The van der Waals surface area contributed by atoms with Gasteiger partial charge in [-0.2, -0.15) is 0 Å². The van der Waals surface area contributed by atoms with Crippen molar-refractivity contribution in [2.75, 3.05) is 0 Å². The smallest absolute Gasteiger partial charge is 0.271 e. The fraction of sp³-hybridized carbons (Fsp3) is 0.688. The number of carbonyl (C=O) groups excluding carboxylic acids is 1. The van der Waals surface area contributed by atoms with E-state index in [1.165, 1.54) is 19.0 Å². The zero-order chi connectivity index (χ0) is 14.8. The summed E-state index contributed by atoms with van der Waals surface area (Å²) < 4.78 is 0. The van der Waals surface area contributed by atoms with Gasteiger partial charge in [-0.05, 0) is 44.4 Å². The molecule has 0 spiro atoms. The molecule has 114 valence electrons. The molecule has 0 saturated heterocycles. The molecule has 1 aromatic heterocycles. The summed E-state index contributed by atoms with van der Waals surface area (Å²) in [4.78, 5) is 21.0. The Labute approximate surface area is 125 Å². The molecule has 1 fully saturated rings. The second-order valence-corrected chi connectivity index (χ2v) is 6.48. The minimum atomic E-state index is -0.323. The summed E-state index contributed by atoms with van der Waals surface area (Å²) in [5, 5.41) is 12.7. The third-order valence-electron chi connectivity index (χ3n) is 4.66. The van der Waals surface area contributed by atoms with Gasteiger partial charge >= 0.3 is 0 Å². The molecule has 3 rings (SSSR count). The first-order valence-corrected chi connectivity index (χ1v) is 7.95. The van der Waals surface area contributed by atoms with Gasteiger partial charge in [0.1, 0.15) is 5.69 Å². The van der Waals surface area contributed by atoms with Crippen LogP contribution in [0.15, 0.2) is 6.20 Å². The third-order valence-corrected chi connectivity index (χ3v) is 4.66. The number of fused-ring (bicyclic) bond motifs is 1. The molecule has 1 aromatic rings. The van der Waals surface area contributed by atoms with Crippen molar-refractivity contribution in [3.63, 3.8) is 0 Å². The van der Waals surface area contributed by atoms with Crippen LogP contribution in [0, 0.1) is 5.92 Å². The fourth-order valence-corrected chi connectivity index (χ4v) is 3.22. The maximum atomic E-state index is 12.3. The average molecular weight is 289 g/mol. The number of hydrogen-bond donors (Lipinski definition) is 2. The lowest BCUT2D eigenvalue weighted by Crippen LogP contribution is -2.38. The summed E-state index contributed by atoms with van der Waals surface area (Å²) in [6.07, 6.45) is 7.63. The number of aryl methyl sites for hydroxylation is 1. The highest BCUT2D eigenvalue weighted by Crippen LogP contribution is 2.23. The van der Waals surface area contributed by atoms with Crippen LogP contribution in [0.5, 0.6) is 0 Å². The van der Waals surface area contributed by atoms with E-state index in [9.17, 15) is 9.90 Å². The molecule has 1 saturated carbocycles.